The first-order chi connectivity index (χ1) is 8.66. The highest BCUT2D eigenvalue weighted by atomic mass is 16.2. The minimum Gasteiger partial charge on any atom is -0.282 e. The number of rotatable bonds is 3. The smallest absolute Gasteiger partial charge is 0.282 e. The van der Waals surface area contributed by atoms with Crippen molar-refractivity contribution < 1.29 is 4.79 Å². The van der Waals surface area contributed by atoms with E-state index in [1.165, 1.54) is 0 Å². The molecule has 2 heterocycles. The van der Waals surface area contributed by atoms with Gasteiger partial charge in [0.15, 0.2) is 5.69 Å². The van der Waals surface area contributed by atoms with Gasteiger partial charge in [0.2, 0.25) is 0 Å². The third-order valence-corrected chi connectivity index (χ3v) is 2.30. The molecule has 0 spiro atoms. The summed E-state index contributed by atoms with van der Waals surface area (Å²) >= 11 is 0. The van der Waals surface area contributed by atoms with Crippen LogP contribution in [0.2, 0.25) is 0 Å². The number of hydrogen-bond acceptors (Lipinski definition) is 4. The summed E-state index contributed by atoms with van der Waals surface area (Å²) in [6, 6.07) is 7.16. The number of nitrogens with zero attached hydrogens (tertiary/aromatic N) is 3. The SMILES string of the molecule is C/C(=N\NC(=O)c1cc(C)[nH]n1)c1ccccn1. The first kappa shape index (κ1) is 12.0. The van der Waals surface area contributed by atoms with Crippen LogP contribution in [0.5, 0.6) is 0 Å². The maximum atomic E-state index is 11.7. The molecule has 1 amide bonds. The van der Waals surface area contributed by atoms with E-state index in [4.69, 9.17) is 0 Å². The summed E-state index contributed by atoms with van der Waals surface area (Å²) in [6.07, 6.45) is 1.67. The van der Waals surface area contributed by atoms with Gasteiger partial charge in [-0.05, 0) is 32.0 Å². The number of H-pyrrole nitrogens is 1. The summed E-state index contributed by atoms with van der Waals surface area (Å²) in [6.45, 7) is 3.60. The van der Waals surface area contributed by atoms with Gasteiger partial charge >= 0.3 is 0 Å². The van der Waals surface area contributed by atoms with Crippen LogP contribution in [0.3, 0.4) is 0 Å². The van der Waals surface area contributed by atoms with E-state index in [9.17, 15) is 4.79 Å². The van der Waals surface area contributed by atoms with Crippen molar-refractivity contribution in [1.82, 2.24) is 20.6 Å². The molecule has 0 fully saturated rings. The molecule has 0 aliphatic rings. The Balaban J connectivity index is 2.05. The second-order valence-electron chi connectivity index (χ2n) is 3.79. The summed E-state index contributed by atoms with van der Waals surface area (Å²) in [5.74, 6) is -0.352. The lowest BCUT2D eigenvalue weighted by molar-refractivity contribution is 0.0950. The van der Waals surface area contributed by atoms with E-state index in [0.29, 0.717) is 11.4 Å². The van der Waals surface area contributed by atoms with Crippen LogP contribution in [0.25, 0.3) is 0 Å². The number of pyridine rings is 1. The number of hydrazone groups is 1. The minimum atomic E-state index is -0.352. The van der Waals surface area contributed by atoms with Crippen LogP contribution in [0.1, 0.15) is 28.8 Å². The zero-order valence-electron chi connectivity index (χ0n) is 10.1. The number of carbonyl (C=O) groups excluding carboxylic acids is 1. The summed E-state index contributed by atoms with van der Waals surface area (Å²) in [4.78, 5) is 15.8. The molecule has 0 saturated heterocycles. The Kier molecular flexibility index (Phi) is 3.47. The monoisotopic (exact) mass is 243 g/mol. The summed E-state index contributed by atoms with van der Waals surface area (Å²) in [5, 5.41) is 10.5. The third-order valence-electron chi connectivity index (χ3n) is 2.30. The van der Waals surface area contributed by atoms with Crippen LogP contribution in [-0.4, -0.2) is 26.8 Å². The Bertz CT molecular complexity index is 573. The molecule has 6 nitrogen and oxygen atoms in total. The maximum Gasteiger partial charge on any atom is 0.291 e. The molecule has 92 valence electrons. The van der Waals surface area contributed by atoms with E-state index < -0.39 is 0 Å². The van der Waals surface area contributed by atoms with Crippen molar-refractivity contribution in [2.24, 2.45) is 5.10 Å². The molecule has 0 bridgehead atoms. The van der Waals surface area contributed by atoms with Gasteiger partial charge in [0.05, 0.1) is 11.4 Å². The zero-order chi connectivity index (χ0) is 13.0. The van der Waals surface area contributed by atoms with Gasteiger partial charge in [0.1, 0.15) is 0 Å². The van der Waals surface area contributed by atoms with Crippen molar-refractivity contribution in [1.29, 1.82) is 0 Å². The number of aromatic nitrogens is 3. The fourth-order valence-electron chi connectivity index (χ4n) is 1.36. The first-order valence-corrected chi connectivity index (χ1v) is 5.45. The molecule has 0 atom stereocenters. The van der Waals surface area contributed by atoms with E-state index in [1.807, 2.05) is 25.1 Å². The van der Waals surface area contributed by atoms with E-state index in [-0.39, 0.29) is 5.91 Å². The molecule has 0 unspecified atom stereocenters. The van der Waals surface area contributed by atoms with Gasteiger partial charge in [0.25, 0.3) is 5.91 Å². The fraction of sp³-hybridized carbons (Fsp3) is 0.167. The number of nitrogens with one attached hydrogen (secondary N) is 2. The summed E-state index contributed by atoms with van der Waals surface area (Å²) < 4.78 is 0. The average Bonchev–Trinajstić information content (AvgIpc) is 2.83. The van der Waals surface area contributed by atoms with Gasteiger partial charge in [-0.1, -0.05) is 6.07 Å². The summed E-state index contributed by atoms with van der Waals surface area (Å²) in [5.41, 5.74) is 4.93. The highest BCUT2D eigenvalue weighted by Gasteiger charge is 2.08. The molecule has 0 radical (unpaired) electrons. The van der Waals surface area contributed by atoms with Gasteiger partial charge in [-0.25, -0.2) is 5.43 Å². The second kappa shape index (κ2) is 5.22. The van der Waals surface area contributed by atoms with Crippen LogP contribution in [0, 0.1) is 6.92 Å². The Labute approximate surface area is 104 Å². The lowest BCUT2D eigenvalue weighted by Crippen LogP contribution is -2.20. The molecule has 2 aromatic heterocycles. The van der Waals surface area contributed by atoms with Gasteiger partial charge in [0, 0.05) is 11.9 Å². The number of hydrogen-bond donors (Lipinski definition) is 2. The minimum absolute atomic E-state index is 0.310. The zero-order valence-corrected chi connectivity index (χ0v) is 10.1. The van der Waals surface area contributed by atoms with Gasteiger partial charge in [-0.3, -0.25) is 14.9 Å². The first-order valence-electron chi connectivity index (χ1n) is 5.45. The van der Waals surface area contributed by atoms with Crippen LogP contribution in [0.4, 0.5) is 0 Å². The van der Waals surface area contributed by atoms with E-state index in [1.54, 1.807) is 19.2 Å². The molecule has 2 rings (SSSR count). The van der Waals surface area contributed by atoms with Crippen molar-refractivity contribution in [3.63, 3.8) is 0 Å². The van der Waals surface area contributed by atoms with E-state index >= 15 is 0 Å². The van der Waals surface area contributed by atoms with Crippen LogP contribution in [-0.2, 0) is 0 Å². The Morgan fingerprint density at radius 1 is 1.39 bits per heavy atom. The third kappa shape index (κ3) is 2.79. The predicted octanol–water partition coefficient (Wildman–Crippen LogP) is 1.27. The van der Waals surface area contributed by atoms with Gasteiger partial charge in [-0.2, -0.15) is 10.2 Å². The Morgan fingerprint density at radius 2 is 2.22 bits per heavy atom. The van der Waals surface area contributed by atoms with Crippen LogP contribution < -0.4 is 5.43 Å². The van der Waals surface area contributed by atoms with Crippen molar-refractivity contribution >= 4 is 11.6 Å². The average molecular weight is 243 g/mol. The lowest BCUT2D eigenvalue weighted by atomic mass is 10.3. The molecule has 0 aromatic carbocycles. The van der Waals surface area contributed by atoms with Crippen molar-refractivity contribution in [2.75, 3.05) is 0 Å². The summed E-state index contributed by atoms with van der Waals surface area (Å²) in [7, 11) is 0. The second-order valence-corrected chi connectivity index (χ2v) is 3.79. The molecule has 2 N–H and O–H groups in total. The van der Waals surface area contributed by atoms with Crippen molar-refractivity contribution in [3.05, 3.63) is 47.5 Å². The molecule has 18 heavy (non-hydrogen) atoms. The number of amides is 1. The largest absolute Gasteiger partial charge is 0.291 e. The molecular formula is C12H13N5O. The van der Waals surface area contributed by atoms with Crippen LogP contribution in [0.15, 0.2) is 35.6 Å². The number of aromatic amines is 1. The standard InChI is InChI=1S/C12H13N5O/c1-8-7-11(16-14-8)12(18)17-15-9(2)10-5-3-4-6-13-10/h3-7H,1-2H3,(H,14,16)(H,17,18)/b15-9+. The number of aryl methyl sites for hydroxylation is 1. The lowest BCUT2D eigenvalue weighted by Gasteiger charge is -2.00. The molecular weight excluding hydrogens is 230 g/mol. The Hall–Kier alpha value is -2.50. The molecule has 0 aliphatic heterocycles. The van der Waals surface area contributed by atoms with Crippen molar-refractivity contribution in [3.8, 4) is 0 Å². The molecule has 2 aromatic rings. The van der Waals surface area contributed by atoms with Gasteiger partial charge < -0.3 is 0 Å². The molecule has 0 saturated carbocycles. The highest BCUT2D eigenvalue weighted by molar-refractivity contribution is 5.99. The quantitative estimate of drug-likeness (QED) is 0.629. The predicted molar refractivity (Wildman–Crippen MR) is 67.2 cm³/mol. The fourth-order valence-corrected chi connectivity index (χ4v) is 1.36. The topological polar surface area (TPSA) is 83.0 Å². The maximum absolute atomic E-state index is 11.7. The van der Waals surface area contributed by atoms with E-state index in [0.717, 1.165) is 11.4 Å². The number of carbonyl (C=O) groups is 1. The Morgan fingerprint density at radius 3 is 2.83 bits per heavy atom. The molecule has 6 heteroatoms. The highest BCUT2D eigenvalue weighted by Crippen LogP contribution is 1.98. The van der Waals surface area contributed by atoms with Crippen molar-refractivity contribution in [2.45, 2.75) is 13.8 Å². The van der Waals surface area contributed by atoms with E-state index in [2.05, 4.69) is 25.7 Å². The van der Waals surface area contributed by atoms with Gasteiger partial charge in [-0.15, -0.1) is 0 Å². The normalized spacial score (nSPS) is 11.3. The molecule has 0 aliphatic carbocycles. The van der Waals surface area contributed by atoms with Crippen LogP contribution >= 0.6 is 0 Å².